The average molecular weight is 292 g/mol. The van der Waals surface area contributed by atoms with E-state index in [9.17, 15) is 9.59 Å². The van der Waals surface area contributed by atoms with E-state index in [0.717, 1.165) is 19.3 Å². The summed E-state index contributed by atoms with van der Waals surface area (Å²) in [5.74, 6) is -1.25. The van der Waals surface area contributed by atoms with Crippen molar-refractivity contribution in [1.82, 2.24) is 0 Å². The molecule has 1 aromatic rings. The van der Waals surface area contributed by atoms with Crippen LogP contribution in [0.3, 0.4) is 0 Å². The highest BCUT2D eigenvalue weighted by Crippen LogP contribution is 2.19. The Morgan fingerprint density at radius 1 is 1.14 bits per heavy atom. The van der Waals surface area contributed by atoms with Gasteiger partial charge in [0, 0.05) is 12.1 Å². The maximum Gasteiger partial charge on any atom is 0.337 e. The number of amides is 1. The molecule has 1 rings (SSSR count). The summed E-state index contributed by atoms with van der Waals surface area (Å²) in [4.78, 5) is 22.9. The summed E-state index contributed by atoms with van der Waals surface area (Å²) in [5, 5.41) is 11.7. The summed E-state index contributed by atoms with van der Waals surface area (Å²) in [7, 11) is 0. The third kappa shape index (κ3) is 6.29. The van der Waals surface area contributed by atoms with Crippen LogP contribution in [0.4, 0.5) is 11.4 Å². The zero-order valence-corrected chi connectivity index (χ0v) is 12.5. The molecule has 0 aromatic heterocycles. The summed E-state index contributed by atoms with van der Waals surface area (Å²) < 4.78 is 0. The Hall–Kier alpha value is -2.04. The van der Waals surface area contributed by atoms with Crippen LogP contribution in [-0.2, 0) is 4.79 Å². The minimum absolute atomic E-state index is 0.0197. The molecule has 0 atom stereocenters. The van der Waals surface area contributed by atoms with Crippen LogP contribution in [0.1, 0.15) is 62.2 Å². The molecule has 0 unspecified atom stereocenters. The number of benzene rings is 1. The summed E-state index contributed by atoms with van der Waals surface area (Å²) in [6.07, 6.45) is 7.06. The second-order valence-corrected chi connectivity index (χ2v) is 5.18. The molecule has 21 heavy (non-hydrogen) atoms. The molecule has 0 saturated carbocycles. The highest BCUT2D eigenvalue weighted by Gasteiger charge is 2.12. The van der Waals surface area contributed by atoms with Gasteiger partial charge in [-0.05, 0) is 24.6 Å². The molecule has 0 fully saturated rings. The molecule has 5 nitrogen and oxygen atoms in total. The molecule has 0 aliphatic carbocycles. The summed E-state index contributed by atoms with van der Waals surface area (Å²) in [6, 6.07) is 4.45. The maximum atomic E-state index is 11.8. The number of carbonyl (C=O) groups is 2. The molecule has 0 heterocycles. The van der Waals surface area contributed by atoms with Gasteiger partial charge in [0.25, 0.3) is 0 Å². The van der Waals surface area contributed by atoms with E-state index in [0.29, 0.717) is 17.8 Å². The number of carbonyl (C=O) groups excluding carboxylic acids is 1. The molecule has 0 bridgehead atoms. The van der Waals surface area contributed by atoms with Crippen LogP contribution in [0.25, 0.3) is 0 Å². The molecular weight excluding hydrogens is 268 g/mol. The number of hydrogen-bond donors (Lipinski definition) is 3. The Labute approximate surface area is 125 Å². The molecule has 0 aliphatic rings. The van der Waals surface area contributed by atoms with Gasteiger partial charge in [0.2, 0.25) is 5.91 Å². The molecule has 5 heteroatoms. The Morgan fingerprint density at radius 3 is 2.48 bits per heavy atom. The zero-order valence-electron chi connectivity index (χ0n) is 12.5. The van der Waals surface area contributed by atoms with Crippen molar-refractivity contribution >= 4 is 23.3 Å². The number of rotatable bonds is 9. The second-order valence-electron chi connectivity index (χ2n) is 5.18. The minimum Gasteiger partial charge on any atom is -0.478 e. The monoisotopic (exact) mass is 292 g/mol. The van der Waals surface area contributed by atoms with E-state index in [1.807, 2.05) is 0 Å². The zero-order chi connectivity index (χ0) is 15.7. The average Bonchev–Trinajstić information content (AvgIpc) is 2.44. The summed E-state index contributed by atoms with van der Waals surface area (Å²) >= 11 is 0. The fraction of sp³-hybridized carbons (Fsp3) is 0.500. The first kappa shape index (κ1) is 17.0. The maximum absolute atomic E-state index is 11.8. The molecule has 1 aromatic carbocycles. The SMILES string of the molecule is CCCCCCCCC(=O)Nc1ccc(N)cc1C(=O)O. The Balaban J connectivity index is 2.43. The fourth-order valence-corrected chi connectivity index (χ4v) is 2.13. The molecule has 0 spiro atoms. The Kier molecular flexibility index (Phi) is 7.29. The van der Waals surface area contributed by atoms with Gasteiger partial charge < -0.3 is 16.2 Å². The van der Waals surface area contributed by atoms with Gasteiger partial charge in [0.15, 0.2) is 0 Å². The van der Waals surface area contributed by atoms with Crippen LogP contribution in [0.5, 0.6) is 0 Å². The lowest BCUT2D eigenvalue weighted by Crippen LogP contribution is -2.14. The van der Waals surface area contributed by atoms with Crippen LogP contribution in [-0.4, -0.2) is 17.0 Å². The van der Waals surface area contributed by atoms with Crippen molar-refractivity contribution in [3.8, 4) is 0 Å². The number of carboxylic acid groups (broad SMARTS) is 1. The van der Waals surface area contributed by atoms with E-state index in [2.05, 4.69) is 12.2 Å². The normalized spacial score (nSPS) is 10.3. The van der Waals surface area contributed by atoms with Crippen molar-refractivity contribution in [2.24, 2.45) is 0 Å². The predicted molar refractivity (Wildman–Crippen MR) is 84.4 cm³/mol. The quantitative estimate of drug-likeness (QED) is 0.478. The highest BCUT2D eigenvalue weighted by atomic mass is 16.4. The molecule has 0 aliphatic heterocycles. The van der Waals surface area contributed by atoms with E-state index in [4.69, 9.17) is 10.8 Å². The highest BCUT2D eigenvalue weighted by molar-refractivity contribution is 6.01. The minimum atomic E-state index is -1.10. The van der Waals surface area contributed by atoms with Gasteiger partial charge in [-0.2, -0.15) is 0 Å². The van der Waals surface area contributed by atoms with Crippen molar-refractivity contribution in [3.63, 3.8) is 0 Å². The van der Waals surface area contributed by atoms with Gasteiger partial charge in [-0.15, -0.1) is 0 Å². The Morgan fingerprint density at radius 2 is 1.81 bits per heavy atom. The van der Waals surface area contributed by atoms with Gasteiger partial charge in [-0.25, -0.2) is 4.79 Å². The molecule has 1 amide bonds. The van der Waals surface area contributed by atoms with E-state index < -0.39 is 5.97 Å². The first-order valence-electron chi connectivity index (χ1n) is 7.47. The molecule has 0 saturated heterocycles. The molecule has 4 N–H and O–H groups in total. The van der Waals surface area contributed by atoms with Crippen LogP contribution < -0.4 is 11.1 Å². The number of nitrogens with two attached hydrogens (primary N) is 1. The number of aromatic carboxylic acids is 1. The van der Waals surface area contributed by atoms with Crippen molar-refractivity contribution in [2.75, 3.05) is 11.1 Å². The van der Waals surface area contributed by atoms with Crippen LogP contribution in [0.15, 0.2) is 18.2 Å². The third-order valence-corrected chi connectivity index (χ3v) is 3.31. The van der Waals surface area contributed by atoms with Crippen molar-refractivity contribution < 1.29 is 14.7 Å². The van der Waals surface area contributed by atoms with Gasteiger partial charge in [0.05, 0.1) is 11.3 Å². The summed E-state index contributed by atoms with van der Waals surface area (Å²) in [6.45, 7) is 2.17. The number of carboxylic acids is 1. The number of nitrogen functional groups attached to an aromatic ring is 1. The third-order valence-electron chi connectivity index (χ3n) is 3.31. The number of unbranched alkanes of at least 4 members (excludes halogenated alkanes) is 5. The lowest BCUT2D eigenvalue weighted by molar-refractivity contribution is -0.116. The smallest absolute Gasteiger partial charge is 0.337 e. The Bertz CT molecular complexity index is 486. The van der Waals surface area contributed by atoms with Gasteiger partial charge in [-0.1, -0.05) is 39.0 Å². The van der Waals surface area contributed by atoms with E-state index in [1.54, 1.807) is 6.07 Å². The largest absolute Gasteiger partial charge is 0.478 e. The fourth-order valence-electron chi connectivity index (χ4n) is 2.13. The topological polar surface area (TPSA) is 92.4 Å². The van der Waals surface area contributed by atoms with E-state index >= 15 is 0 Å². The molecule has 116 valence electrons. The molecular formula is C16H24N2O3. The van der Waals surface area contributed by atoms with Gasteiger partial charge in [0.1, 0.15) is 0 Å². The predicted octanol–water partition coefficient (Wildman–Crippen LogP) is 3.66. The van der Waals surface area contributed by atoms with Crippen molar-refractivity contribution in [2.45, 2.75) is 51.9 Å². The van der Waals surface area contributed by atoms with Crippen molar-refractivity contribution in [1.29, 1.82) is 0 Å². The molecule has 0 radical (unpaired) electrons. The second kappa shape index (κ2) is 9.00. The van der Waals surface area contributed by atoms with Crippen LogP contribution in [0, 0.1) is 0 Å². The van der Waals surface area contributed by atoms with Gasteiger partial charge >= 0.3 is 5.97 Å². The number of hydrogen-bond acceptors (Lipinski definition) is 3. The van der Waals surface area contributed by atoms with E-state index in [1.165, 1.54) is 31.4 Å². The number of nitrogens with one attached hydrogen (secondary N) is 1. The van der Waals surface area contributed by atoms with Gasteiger partial charge in [-0.3, -0.25) is 4.79 Å². The van der Waals surface area contributed by atoms with Crippen LogP contribution >= 0.6 is 0 Å². The van der Waals surface area contributed by atoms with Crippen molar-refractivity contribution in [3.05, 3.63) is 23.8 Å². The first-order valence-corrected chi connectivity index (χ1v) is 7.47. The number of anilines is 2. The first-order chi connectivity index (χ1) is 10.0. The van der Waals surface area contributed by atoms with Crippen LogP contribution in [0.2, 0.25) is 0 Å². The lowest BCUT2D eigenvalue weighted by atomic mass is 10.1. The standard InChI is InChI=1S/C16H24N2O3/c1-2-3-4-5-6-7-8-15(19)18-14-10-9-12(17)11-13(14)16(20)21/h9-11H,2-8,17H2,1H3,(H,18,19)(H,20,21). The van der Waals surface area contributed by atoms with E-state index in [-0.39, 0.29) is 11.5 Å². The lowest BCUT2D eigenvalue weighted by Gasteiger charge is -2.09. The summed E-state index contributed by atoms with van der Waals surface area (Å²) in [5.41, 5.74) is 6.24.